The summed E-state index contributed by atoms with van der Waals surface area (Å²) in [5.74, 6) is 0. The number of hydrogen-bond acceptors (Lipinski definition) is 4. The molecule has 25 heavy (non-hydrogen) atoms. The van der Waals surface area contributed by atoms with Gasteiger partial charge in [-0.05, 0) is 32.0 Å². The molecule has 0 aliphatic heterocycles. The maximum absolute atomic E-state index is 5.86. The van der Waals surface area contributed by atoms with Crippen molar-refractivity contribution in [1.29, 1.82) is 0 Å². The van der Waals surface area contributed by atoms with Gasteiger partial charge in [0.05, 0.1) is 0 Å². The Hall–Kier alpha value is 0.274. The summed E-state index contributed by atoms with van der Waals surface area (Å²) in [5, 5.41) is 0. The Morgan fingerprint density at radius 3 is 1.52 bits per heavy atom. The van der Waals surface area contributed by atoms with Crippen molar-refractivity contribution < 1.29 is 17.7 Å². The van der Waals surface area contributed by atoms with Gasteiger partial charge in [-0.1, -0.05) is 59.3 Å². The first-order valence-corrected chi connectivity index (χ1v) is 15.2. The van der Waals surface area contributed by atoms with Crippen molar-refractivity contribution in [3.8, 4) is 0 Å². The lowest BCUT2D eigenvalue weighted by atomic mass is 10.2. The van der Waals surface area contributed by atoms with Crippen LogP contribution in [0.4, 0.5) is 0 Å². The van der Waals surface area contributed by atoms with E-state index in [4.69, 9.17) is 17.7 Å². The standard InChI is InChI=1S/C10H24OSi.C9H22O3Si/c1-5-7-8-10-12(3,4)11-9-6-2;1-5-6-7-8-9-13(10-2,11-3)12-4/h5-10H2,1-4H3;5-9H2,1-4H3. The van der Waals surface area contributed by atoms with Crippen LogP contribution < -0.4 is 0 Å². The fourth-order valence-electron chi connectivity index (χ4n) is 2.58. The number of rotatable bonds is 15. The van der Waals surface area contributed by atoms with Gasteiger partial charge in [-0.25, -0.2) is 0 Å². The quantitative estimate of drug-likeness (QED) is 0.243. The SMILES string of the molecule is CCCCCC[Si](OC)(OC)OC.CCCCC[Si](C)(C)OCCC. The Morgan fingerprint density at radius 1 is 0.600 bits per heavy atom. The third-order valence-electron chi connectivity index (χ3n) is 4.35. The highest BCUT2D eigenvalue weighted by Crippen LogP contribution is 2.17. The maximum Gasteiger partial charge on any atom is 0.500 e. The summed E-state index contributed by atoms with van der Waals surface area (Å²) in [7, 11) is 1.47. The predicted octanol–water partition coefficient (Wildman–Crippen LogP) is 6.25. The third kappa shape index (κ3) is 16.2. The third-order valence-corrected chi connectivity index (χ3v) is 9.72. The first-order valence-electron chi connectivity index (χ1n) is 10.2. The lowest BCUT2D eigenvalue weighted by Crippen LogP contribution is -2.42. The summed E-state index contributed by atoms with van der Waals surface area (Å²) in [6.07, 6.45) is 10.1. The minimum Gasteiger partial charge on any atom is -0.417 e. The fraction of sp³-hybridized carbons (Fsp3) is 1.00. The van der Waals surface area contributed by atoms with E-state index >= 15 is 0 Å². The topological polar surface area (TPSA) is 36.9 Å². The van der Waals surface area contributed by atoms with Crippen LogP contribution >= 0.6 is 0 Å². The molecule has 0 fully saturated rings. The molecule has 0 radical (unpaired) electrons. The van der Waals surface area contributed by atoms with E-state index in [-0.39, 0.29) is 0 Å². The molecule has 0 heterocycles. The summed E-state index contributed by atoms with van der Waals surface area (Å²) >= 11 is 0. The second kappa shape index (κ2) is 17.7. The molecule has 154 valence electrons. The van der Waals surface area contributed by atoms with E-state index < -0.39 is 17.1 Å². The van der Waals surface area contributed by atoms with Crippen molar-refractivity contribution in [2.75, 3.05) is 27.9 Å². The predicted molar refractivity (Wildman–Crippen MR) is 114 cm³/mol. The molecule has 0 bridgehead atoms. The molecule has 0 saturated heterocycles. The highest BCUT2D eigenvalue weighted by molar-refractivity contribution is 6.71. The zero-order valence-electron chi connectivity index (χ0n) is 18.4. The molecular formula is C19H46O4Si2. The molecule has 0 spiro atoms. The summed E-state index contributed by atoms with van der Waals surface area (Å²) in [5.41, 5.74) is 0. The van der Waals surface area contributed by atoms with Crippen molar-refractivity contribution in [2.24, 2.45) is 0 Å². The molecule has 0 amide bonds. The Kier molecular flexibility index (Phi) is 19.4. The zero-order chi connectivity index (χ0) is 19.6. The average molecular weight is 395 g/mol. The van der Waals surface area contributed by atoms with Crippen LogP contribution in [0.15, 0.2) is 0 Å². The van der Waals surface area contributed by atoms with E-state index in [9.17, 15) is 0 Å². The van der Waals surface area contributed by atoms with Crippen LogP contribution in [0, 0.1) is 0 Å². The van der Waals surface area contributed by atoms with Gasteiger partial charge in [0, 0.05) is 34.0 Å². The van der Waals surface area contributed by atoms with E-state index in [0.29, 0.717) is 0 Å². The fourth-order valence-corrected chi connectivity index (χ4v) is 6.37. The second-order valence-electron chi connectivity index (χ2n) is 7.17. The van der Waals surface area contributed by atoms with Crippen molar-refractivity contribution in [3.05, 3.63) is 0 Å². The normalized spacial score (nSPS) is 12.0. The van der Waals surface area contributed by atoms with Gasteiger partial charge < -0.3 is 17.7 Å². The van der Waals surface area contributed by atoms with E-state index in [1.165, 1.54) is 44.6 Å². The summed E-state index contributed by atoms with van der Waals surface area (Å²) in [6, 6.07) is 2.26. The van der Waals surface area contributed by atoms with Crippen LogP contribution in [0.25, 0.3) is 0 Å². The average Bonchev–Trinajstić information content (AvgIpc) is 2.62. The van der Waals surface area contributed by atoms with E-state index in [2.05, 4.69) is 33.9 Å². The molecule has 0 saturated carbocycles. The molecule has 0 rings (SSSR count). The van der Waals surface area contributed by atoms with Crippen LogP contribution in [0.5, 0.6) is 0 Å². The van der Waals surface area contributed by atoms with Crippen LogP contribution in [-0.2, 0) is 17.7 Å². The number of hydrogen-bond donors (Lipinski definition) is 0. The zero-order valence-corrected chi connectivity index (χ0v) is 20.4. The largest absolute Gasteiger partial charge is 0.500 e. The summed E-state index contributed by atoms with van der Waals surface area (Å²) < 4.78 is 21.8. The Labute approximate surface area is 160 Å². The molecule has 0 aromatic heterocycles. The Morgan fingerprint density at radius 2 is 1.08 bits per heavy atom. The molecule has 0 aromatic carbocycles. The van der Waals surface area contributed by atoms with Gasteiger partial charge in [0.1, 0.15) is 0 Å². The van der Waals surface area contributed by atoms with Crippen molar-refractivity contribution in [3.63, 3.8) is 0 Å². The van der Waals surface area contributed by atoms with Gasteiger partial charge in [0.25, 0.3) is 0 Å². The molecular weight excluding hydrogens is 348 g/mol. The molecule has 0 atom stereocenters. The van der Waals surface area contributed by atoms with Gasteiger partial charge in [-0.15, -0.1) is 0 Å². The van der Waals surface area contributed by atoms with E-state index in [1.807, 2.05) is 0 Å². The molecule has 0 aliphatic carbocycles. The molecule has 0 N–H and O–H groups in total. The lowest BCUT2D eigenvalue weighted by molar-refractivity contribution is 0.122. The van der Waals surface area contributed by atoms with Crippen LogP contribution in [0.1, 0.15) is 72.1 Å². The van der Waals surface area contributed by atoms with Gasteiger partial charge in [0.2, 0.25) is 0 Å². The van der Waals surface area contributed by atoms with Gasteiger partial charge >= 0.3 is 8.80 Å². The Balaban J connectivity index is 0. The molecule has 0 aliphatic rings. The van der Waals surface area contributed by atoms with Crippen molar-refractivity contribution >= 4 is 17.1 Å². The molecule has 0 aromatic rings. The highest BCUT2D eigenvalue weighted by Gasteiger charge is 2.36. The smallest absolute Gasteiger partial charge is 0.417 e. The van der Waals surface area contributed by atoms with E-state index in [0.717, 1.165) is 25.5 Å². The first kappa shape index (κ1) is 27.5. The van der Waals surface area contributed by atoms with Gasteiger partial charge in [-0.3, -0.25) is 0 Å². The molecule has 4 nitrogen and oxygen atoms in total. The van der Waals surface area contributed by atoms with Crippen LogP contribution in [0.3, 0.4) is 0 Å². The summed E-state index contributed by atoms with van der Waals surface area (Å²) in [6.45, 7) is 12.3. The maximum atomic E-state index is 5.86. The monoisotopic (exact) mass is 394 g/mol. The number of unbranched alkanes of at least 4 members (excludes halogenated alkanes) is 5. The Bertz CT molecular complexity index is 264. The minimum absolute atomic E-state index is 0.927. The van der Waals surface area contributed by atoms with Crippen LogP contribution in [0.2, 0.25) is 25.2 Å². The molecule has 0 unspecified atom stereocenters. The highest BCUT2D eigenvalue weighted by atomic mass is 28.4. The van der Waals surface area contributed by atoms with Crippen LogP contribution in [-0.4, -0.2) is 45.1 Å². The van der Waals surface area contributed by atoms with Crippen molar-refractivity contribution in [1.82, 2.24) is 0 Å². The molecule has 6 heteroatoms. The second-order valence-corrected chi connectivity index (χ2v) is 14.6. The van der Waals surface area contributed by atoms with Gasteiger partial charge in [0.15, 0.2) is 8.32 Å². The van der Waals surface area contributed by atoms with Crippen molar-refractivity contribution in [2.45, 2.75) is 97.3 Å². The summed E-state index contributed by atoms with van der Waals surface area (Å²) in [4.78, 5) is 0. The first-order chi connectivity index (χ1) is 11.9. The van der Waals surface area contributed by atoms with Gasteiger partial charge in [-0.2, -0.15) is 0 Å². The van der Waals surface area contributed by atoms with E-state index in [1.54, 1.807) is 21.3 Å². The lowest BCUT2D eigenvalue weighted by Gasteiger charge is -2.24. The minimum atomic E-state index is -2.27.